The number of rotatable bonds is 6. The molecule has 1 aromatic carbocycles. The first-order valence-electron chi connectivity index (χ1n) is 5.74. The van der Waals surface area contributed by atoms with Crippen LogP contribution in [0.2, 0.25) is 5.02 Å². The van der Waals surface area contributed by atoms with E-state index in [0.717, 1.165) is 6.54 Å². The van der Waals surface area contributed by atoms with Gasteiger partial charge in [0.05, 0.1) is 0 Å². The minimum atomic E-state index is -0.329. The lowest BCUT2D eigenvalue weighted by atomic mass is 9.84. The molecule has 2 nitrogen and oxygen atoms in total. The van der Waals surface area contributed by atoms with Gasteiger partial charge in [-0.05, 0) is 36.7 Å². The van der Waals surface area contributed by atoms with Crippen LogP contribution in [0.4, 0.5) is 4.39 Å². The predicted molar refractivity (Wildman–Crippen MR) is 69.0 cm³/mol. The molecule has 0 saturated carbocycles. The molecule has 0 unspecified atom stereocenters. The molecule has 0 aliphatic carbocycles. The monoisotopic (exact) mass is 259 g/mol. The van der Waals surface area contributed by atoms with E-state index in [1.165, 1.54) is 6.07 Å². The Hall–Kier alpha value is -0.640. The van der Waals surface area contributed by atoms with Crippen molar-refractivity contribution in [3.05, 3.63) is 34.6 Å². The molecular weight excluding hydrogens is 241 g/mol. The van der Waals surface area contributed by atoms with Crippen molar-refractivity contribution in [2.24, 2.45) is 0 Å². The zero-order valence-electron chi connectivity index (χ0n) is 10.3. The van der Waals surface area contributed by atoms with Gasteiger partial charge in [0.1, 0.15) is 5.82 Å². The molecule has 0 heterocycles. The predicted octanol–water partition coefficient (Wildman–Crippen LogP) is 2.73. The number of halogens is 2. The zero-order valence-corrected chi connectivity index (χ0v) is 11.0. The lowest BCUT2D eigenvalue weighted by Gasteiger charge is -2.26. The molecule has 0 spiro atoms. The zero-order chi connectivity index (χ0) is 12.9. The smallest absolute Gasteiger partial charge is 0.127 e. The van der Waals surface area contributed by atoms with E-state index in [4.69, 9.17) is 16.7 Å². The van der Waals surface area contributed by atoms with Gasteiger partial charge in [-0.2, -0.15) is 0 Å². The molecule has 0 radical (unpaired) electrons. The van der Waals surface area contributed by atoms with Crippen molar-refractivity contribution in [2.45, 2.75) is 25.7 Å². The highest BCUT2D eigenvalue weighted by molar-refractivity contribution is 6.30. The molecule has 1 rings (SSSR count). The number of aliphatic hydroxyl groups excluding tert-OH is 1. The van der Waals surface area contributed by atoms with Crippen LogP contribution >= 0.6 is 11.6 Å². The molecule has 1 aromatic rings. The second kappa shape index (κ2) is 6.34. The maximum absolute atomic E-state index is 13.7. The fourth-order valence-corrected chi connectivity index (χ4v) is 1.89. The largest absolute Gasteiger partial charge is 0.396 e. The van der Waals surface area contributed by atoms with Gasteiger partial charge in [0.25, 0.3) is 0 Å². The minimum absolute atomic E-state index is 0.166. The molecule has 0 aliphatic rings. The number of aliphatic hydroxyl groups is 1. The van der Waals surface area contributed by atoms with Gasteiger partial charge < -0.3 is 10.4 Å². The van der Waals surface area contributed by atoms with E-state index in [9.17, 15) is 4.39 Å². The fourth-order valence-electron chi connectivity index (χ4n) is 1.72. The average molecular weight is 260 g/mol. The van der Waals surface area contributed by atoms with Crippen LogP contribution in [0, 0.1) is 5.82 Å². The van der Waals surface area contributed by atoms with Crippen LogP contribution in [-0.4, -0.2) is 24.8 Å². The summed E-state index contributed by atoms with van der Waals surface area (Å²) in [6.07, 6.45) is 0.702. The van der Waals surface area contributed by atoms with Crippen molar-refractivity contribution < 1.29 is 9.50 Å². The molecule has 0 fully saturated rings. The Morgan fingerprint density at radius 2 is 2.12 bits per heavy atom. The van der Waals surface area contributed by atoms with Crippen molar-refractivity contribution in [1.82, 2.24) is 5.32 Å². The highest BCUT2D eigenvalue weighted by Gasteiger charge is 2.23. The van der Waals surface area contributed by atoms with Crippen LogP contribution < -0.4 is 5.32 Å². The summed E-state index contributed by atoms with van der Waals surface area (Å²) in [7, 11) is 0. The molecular formula is C13H19ClFNO. The third kappa shape index (κ3) is 4.26. The summed E-state index contributed by atoms with van der Waals surface area (Å²) in [5, 5.41) is 12.4. The Balaban J connectivity index is 2.71. The first-order valence-corrected chi connectivity index (χ1v) is 6.12. The van der Waals surface area contributed by atoms with E-state index in [2.05, 4.69) is 5.32 Å². The van der Waals surface area contributed by atoms with E-state index in [0.29, 0.717) is 23.6 Å². The summed E-state index contributed by atoms with van der Waals surface area (Å²) in [5.74, 6) is -0.233. The third-order valence-electron chi connectivity index (χ3n) is 2.74. The van der Waals surface area contributed by atoms with Crippen molar-refractivity contribution in [2.75, 3.05) is 19.7 Å². The fraction of sp³-hybridized carbons (Fsp3) is 0.538. The maximum atomic E-state index is 13.7. The highest BCUT2D eigenvalue weighted by atomic mass is 35.5. The summed E-state index contributed by atoms with van der Waals surface area (Å²) >= 11 is 5.89. The van der Waals surface area contributed by atoms with E-state index in [-0.39, 0.29) is 17.8 Å². The molecule has 0 aliphatic heterocycles. The van der Waals surface area contributed by atoms with Crippen LogP contribution in [0.3, 0.4) is 0 Å². The molecule has 0 amide bonds. The minimum Gasteiger partial charge on any atom is -0.396 e. The van der Waals surface area contributed by atoms with Gasteiger partial charge in [-0.1, -0.05) is 25.4 Å². The van der Waals surface area contributed by atoms with Crippen LogP contribution in [0.25, 0.3) is 0 Å². The Morgan fingerprint density at radius 1 is 1.41 bits per heavy atom. The van der Waals surface area contributed by atoms with Gasteiger partial charge in [-0.25, -0.2) is 4.39 Å². The van der Waals surface area contributed by atoms with Gasteiger partial charge in [0.2, 0.25) is 0 Å². The second-order valence-corrected chi connectivity index (χ2v) is 5.20. The first-order chi connectivity index (χ1) is 7.97. The van der Waals surface area contributed by atoms with E-state index in [1.807, 2.05) is 13.8 Å². The first kappa shape index (κ1) is 14.4. The van der Waals surface area contributed by atoms with Crippen molar-refractivity contribution >= 4 is 11.6 Å². The van der Waals surface area contributed by atoms with Gasteiger partial charge in [0.15, 0.2) is 0 Å². The van der Waals surface area contributed by atoms with E-state index >= 15 is 0 Å². The quantitative estimate of drug-likeness (QED) is 0.770. The van der Waals surface area contributed by atoms with Crippen molar-refractivity contribution in [3.63, 3.8) is 0 Å². The average Bonchev–Trinajstić information content (AvgIpc) is 2.28. The normalized spacial score (nSPS) is 11.8. The van der Waals surface area contributed by atoms with Gasteiger partial charge >= 0.3 is 0 Å². The number of hydrogen-bond acceptors (Lipinski definition) is 2. The molecule has 17 heavy (non-hydrogen) atoms. The highest BCUT2D eigenvalue weighted by Crippen LogP contribution is 2.27. The van der Waals surface area contributed by atoms with Gasteiger partial charge in [0, 0.05) is 23.6 Å². The summed E-state index contributed by atoms with van der Waals surface area (Å²) < 4.78 is 13.7. The summed E-state index contributed by atoms with van der Waals surface area (Å²) in [5.41, 5.74) is 0.284. The Labute approximate surface area is 107 Å². The SMILES string of the molecule is CC(C)(CNCCCO)c1cc(Cl)ccc1F. The van der Waals surface area contributed by atoms with Crippen LogP contribution in [0.15, 0.2) is 18.2 Å². The van der Waals surface area contributed by atoms with Gasteiger partial charge in [-0.3, -0.25) is 0 Å². The number of hydrogen-bond donors (Lipinski definition) is 2. The molecule has 0 bridgehead atoms. The lowest BCUT2D eigenvalue weighted by Crippen LogP contribution is -2.34. The molecule has 2 N–H and O–H groups in total. The Kier molecular flexibility index (Phi) is 5.37. The van der Waals surface area contributed by atoms with Crippen molar-refractivity contribution in [3.8, 4) is 0 Å². The molecule has 96 valence electrons. The maximum Gasteiger partial charge on any atom is 0.127 e. The van der Waals surface area contributed by atoms with Crippen LogP contribution in [0.5, 0.6) is 0 Å². The summed E-state index contributed by atoms with van der Waals surface area (Å²) in [6, 6.07) is 4.62. The van der Waals surface area contributed by atoms with E-state index < -0.39 is 0 Å². The molecule has 0 atom stereocenters. The lowest BCUT2D eigenvalue weighted by molar-refractivity contribution is 0.283. The Morgan fingerprint density at radius 3 is 2.76 bits per heavy atom. The molecule has 4 heteroatoms. The topological polar surface area (TPSA) is 32.3 Å². The number of benzene rings is 1. The van der Waals surface area contributed by atoms with Crippen LogP contribution in [-0.2, 0) is 5.41 Å². The summed E-state index contributed by atoms with van der Waals surface area (Å²) in [4.78, 5) is 0. The third-order valence-corrected chi connectivity index (χ3v) is 2.97. The van der Waals surface area contributed by atoms with E-state index in [1.54, 1.807) is 12.1 Å². The molecule has 0 saturated heterocycles. The second-order valence-electron chi connectivity index (χ2n) is 4.76. The number of nitrogens with one attached hydrogen (secondary N) is 1. The van der Waals surface area contributed by atoms with Crippen molar-refractivity contribution in [1.29, 1.82) is 0 Å². The Bertz CT molecular complexity index is 368. The molecule has 0 aromatic heterocycles. The van der Waals surface area contributed by atoms with Gasteiger partial charge in [-0.15, -0.1) is 0 Å². The summed E-state index contributed by atoms with van der Waals surface area (Å²) in [6.45, 7) is 5.46. The standard InChI is InChI=1S/C13H19ClFNO/c1-13(2,9-16-6-3-7-17)11-8-10(14)4-5-12(11)15/h4-5,8,16-17H,3,6-7,9H2,1-2H3. The van der Waals surface area contributed by atoms with Crippen LogP contribution in [0.1, 0.15) is 25.8 Å².